The van der Waals surface area contributed by atoms with Crippen molar-refractivity contribution in [3.63, 3.8) is 0 Å². The van der Waals surface area contributed by atoms with Crippen LogP contribution in [0.15, 0.2) is 18.2 Å². The Labute approximate surface area is 125 Å². The summed E-state index contributed by atoms with van der Waals surface area (Å²) in [5, 5.41) is 0.232. The maximum absolute atomic E-state index is 13.5. The van der Waals surface area contributed by atoms with Gasteiger partial charge in [0, 0.05) is 6.04 Å². The lowest BCUT2D eigenvalue weighted by Crippen LogP contribution is -2.44. The second-order valence-corrected chi connectivity index (χ2v) is 6.27. The van der Waals surface area contributed by atoms with Gasteiger partial charge >= 0.3 is 0 Å². The van der Waals surface area contributed by atoms with Crippen molar-refractivity contribution < 1.29 is 4.39 Å². The summed E-state index contributed by atoms with van der Waals surface area (Å²) in [6.45, 7) is 2.25. The lowest BCUT2D eigenvalue weighted by atomic mass is 9.75. The molecule has 0 aromatic heterocycles. The van der Waals surface area contributed by atoms with Crippen molar-refractivity contribution >= 4 is 11.6 Å². The third kappa shape index (κ3) is 3.72. The van der Waals surface area contributed by atoms with Crippen LogP contribution < -0.4 is 11.3 Å². The Bertz CT molecular complexity index is 438. The smallest absolute Gasteiger partial charge is 0.142 e. The molecule has 112 valence electrons. The SMILES string of the molecule is CCC1CCCC(C(Cc2cccc(F)c2Cl)NN)C1. The largest absolute Gasteiger partial charge is 0.271 e. The topological polar surface area (TPSA) is 38.0 Å². The summed E-state index contributed by atoms with van der Waals surface area (Å²) in [6, 6.07) is 5.16. The van der Waals surface area contributed by atoms with E-state index in [-0.39, 0.29) is 16.9 Å². The van der Waals surface area contributed by atoms with Gasteiger partial charge in [0.2, 0.25) is 0 Å². The van der Waals surface area contributed by atoms with Gasteiger partial charge in [-0.15, -0.1) is 0 Å². The number of rotatable bonds is 5. The summed E-state index contributed by atoms with van der Waals surface area (Å²) in [6.07, 6.45) is 6.91. The highest BCUT2D eigenvalue weighted by Crippen LogP contribution is 2.34. The maximum Gasteiger partial charge on any atom is 0.142 e. The Morgan fingerprint density at radius 3 is 2.95 bits per heavy atom. The molecule has 0 saturated heterocycles. The Hall–Kier alpha value is -0.640. The van der Waals surface area contributed by atoms with E-state index in [1.165, 1.54) is 38.2 Å². The van der Waals surface area contributed by atoms with Crippen LogP contribution in [0.4, 0.5) is 4.39 Å². The summed E-state index contributed by atoms with van der Waals surface area (Å²) in [7, 11) is 0. The van der Waals surface area contributed by atoms with E-state index in [1.807, 2.05) is 6.07 Å². The molecule has 3 atom stereocenters. The van der Waals surface area contributed by atoms with Gasteiger partial charge in [0.15, 0.2) is 0 Å². The zero-order valence-corrected chi connectivity index (χ0v) is 12.8. The van der Waals surface area contributed by atoms with Gasteiger partial charge in [-0.05, 0) is 42.7 Å². The highest BCUT2D eigenvalue weighted by Gasteiger charge is 2.27. The molecule has 0 radical (unpaired) electrons. The van der Waals surface area contributed by atoms with Crippen LogP contribution in [0.1, 0.15) is 44.6 Å². The Morgan fingerprint density at radius 1 is 1.45 bits per heavy atom. The predicted octanol–water partition coefficient (Wildman–Crippen LogP) is 4.07. The van der Waals surface area contributed by atoms with Gasteiger partial charge in [0.1, 0.15) is 5.82 Å². The van der Waals surface area contributed by atoms with Crippen LogP contribution in [0.2, 0.25) is 5.02 Å². The number of hydrogen-bond donors (Lipinski definition) is 2. The fraction of sp³-hybridized carbons (Fsp3) is 0.625. The molecule has 1 aromatic carbocycles. The molecule has 4 heteroatoms. The van der Waals surface area contributed by atoms with Gasteiger partial charge < -0.3 is 0 Å². The van der Waals surface area contributed by atoms with Crippen LogP contribution in [-0.2, 0) is 6.42 Å². The zero-order valence-electron chi connectivity index (χ0n) is 12.0. The number of halogens is 2. The minimum absolute atomic E-state index is 0.170. The van der Waals surface area contributed by atoms with Crippen molar-refractivity contribution in [3.05, 3.63) is 34.6 Å². The monoisotopic (exact) mass is 298 g/mol. The minimum atomic E-state index is -0.352. The molecule has 0 spiro atoms. The molecular weight excluding hydrogens is 275 g/mol. The fourth-order valence-corrected chi connectivity index (χ4v) is 3.58. The van der Waals surface area contributed by atoms with Crippen LogP contribution in [0, 0.1) is 17.7 Å². The van der Waals surface area contributed by atoms with E-state index in [9.17, 15) is 4.39 Å². The van der Waals surface area contributed by atoms with Crippen molar-refractivity contribution in [1.82, 2.24) is 5.43 Å². The van der Waals surface area contributed by atoms with E-state index in [2.05, 4.69) is 12.3 Å². The van der Waals surface area contributed by atoms with Crippen LogP contribution in [0.3, 0.4) is 0 Å². The van der Waals surface area contributed by atoms with Gasteiger partial charge in [-0.2, -0.15) is 0 Å². The van der Waals surface area contributed by atoms with Crippen LogP contribution >= 0.6 is 11.6 Å². The number of nitrogens with two attached hydrogens (primary N) is 1. The Balaban J connectivity index is 2.06. The molecule has 1 aliphatic rings. The number of benzene rings is 1. The van der Waals surface area contributed by atoms with E-state index in [0.717, 1.165) is 11.5 Å². The summed E-state index contributed by atoms with van der Waals surface area (Å²) < 4.78 is 13.5. The van der Waals surface area contributed by atoms with Gasteiger partial charge in [0.05, 0.1) is 5.02 Å². The number of hydrazine groups is 1. The molecule has 3 unspecified atom stereocenters. The van der Waals surface area contributed by atoms with Crippen LogP contribution in [0.5, 0.6) is 0 Å². The molecule has 1 fully saturated rings. The lowest BCUT2D eigenvalue weighted by molar-refractivity contribution is 0.208. The van der Waals surface area contributed by atoms with Crippen molar-refractivity contribution in [1.29, 1.82) is 0 Å². The quantitative estimate of drug-likeness (QED) is 0.635. The molecule has 2 nitrogen and oxygen atoms in total. The van der Waals surface area contributed by atoms with E-state index >= 15 is 0 Å². The molecule has 0 amide bonds. The highest BCUT2D eigenvalue weighted by molar-refractivity contribution is 6.31. The van der Waals surface area contributed by atoms with Crippen molar-refractivity contribution in [2.45, 2.75) is 51.5 Å². The normalized spacial score (nSPS) is 24.6. The molecule has 3 N–H and O–H groups in total. The molecule has 20 heavy (non-hydrogen) atoms. The van der Waals surface area contributed by atoms with Crippen molar-refractivity contribution in [3.8, 4) is 0 Å². The van der Waals surface area contributed by atoms with Crippen LogP contribution in [-0.4, -0.2) is 6.04 Å². The summed E-state index contributed by atoms with van der Waals surface area (Å²) in [5.41, 5.74) is 3.77. The van der Waals surface area contributed by atoms with Gasteiger partial charge in [-0.1, -0.05) is 49.9 Å². The third-order valence-corrected chi connectivity index (χ3v) is 5.08. The summed E-state index contributed by atoms with van der Waals surface area (Å²) in [4.78, 5) is 0. The van der Waals surface area contributed by atoms with Gasteiger partial charge in [-0.25, -0.2) is 4.39 Å². The Kier molecular flexibility index (Phi) is 5.82. The molecule has 1 aliphatic carbocycles. The average molecular weight is 299 g/mol. The zero-order chi connectivity index (χ0) is 14.5. The van der Waals surface area contributed by atoms with E-state index < -0.39 is 0 Å². The predicted molar refractivity (Wildman–Crippen MR) is 82.0 cm³/mol. The number of nitrogens with one attached hydrogen (secondary N) is 1. The second kappa shape index (κ2) is 7.39. The fourth-order valence-electron chi connectivity index (χ4n) is 3.37. The standard InChI is InChI=1S/C16H24ClFN2/c1-2-11-5-3-6-12(9-11)15(20-19)10-13-7-4-8-14(18)16(13)17/h4,7-8,11-12,15,20H,2-3,5-6,9-10,19H2,1H3. The molecule has 1 aromatic rings. The molecular formula is C16H24ClFN2. The third-order valence-electron chi connectivity index (χ3n) is 4.66. The molecule has 1 saturated carbocycles. The van der Waals surface area contributed by atoms with E-state index in [4.69, 9.17) is 17.4 Å². The second-order valence-electron chi connectivity index (χ2n) is 5.89. The molecule has 0 aliphatic heterocycles. The first kappa shape index (κ1) is 15.7. The molecule has 0 heterocycles. The van der Waals surface area contributed by atoms with Crippen molar-refractivity contribution in [2.24, 2.45) is 17.7 Å². The molecule has 0 bridgehead atoms. The van der Waals surface area contributed by atoms with E-state index in [0.29, 0.717) is 12.3 Å². The highest BCUT2D eigenvalue weighted by atomic mass is 35.5. The number of hydrogen-bond acceptors (Lipinski definition) is 2. The minimum Gasteiger partial charge on any atom is -0.271 e. The first-order valence-corrected chi connectivity index (χ1v) is 7.92. The maximum atomic E-state index is 13.5. The van der Waals surface area contributed by atoms with Crippen LogP contribution in [0.25, 0.3) is 0 Å². The lowest BCUT2D eigenvalue weighted by Gasteiger charge is -2.34. The molecule has 2 rings (SSSR count). The first-order chi connectivity index (χ1) is 9.65. The first-order valence-electron chi connectivity index (χ1n) is 7.54. The van der Waals surface area contributed by atoms with Gasteiger partial charge in [0.25, 0.3) is 0 Å². The van der Waals surface area contributed by atoms with E-state index in [1.54, 1.807) is 6.07 Å². The van der Waals surface area contributed by atoms with Crippen molar-refractivity contribution in [2.75, 3.05) is 0 Å². The summed E-state index contributed by atoms with van der Waals surface area (Å²) >= 11 is 6.05. The summed E-state index contributed by atoms with van der Waals surface area (Å²) in [5.74, 6) is 6.74. The Morgan fingerprint density at radius 2 is 2.25 bits per heavy atom. The van der Waals surface area contributed by atoms with Gasteiger partial charge in [-0.3, -0.25) is 11.3 Å². The average Bonchev–Trinajstić information content (AvgIpc) is 2.49.